The van der Waals surface area contributed by atoms with Gasteiger partial charge in [-0.25, -0.2) is 0 Å². The molecule has 0 rings (SSSR count). The van der Waals surface area contributed by atoms with E-state index in [0.29, 0.717) is 19.4 Å². The third-order valence-corrected chi connectivity index (χ3v) is 13.2. The number of carbonyl (C=O) groups is 2. The molecule has 0 aromatic carbocycles. The van der Waals surface area contributed by atoms with Crippen molar-refractivity contribution in [2.75, 3.05) is 13.2 Å². The summed E-state index contributed by atoms with van der Waals surface area (Å²) in [6.45, 7) is 4.79. The molecule has 2 unspecified atom stereocenters. The first kappa shape index (κ1) is 65.6. The first-order chi connectivity index (χ1) is 33.5. The van der Waals surface area contributed by atoms with Gasteiger partial charge in [0.2, 0.25) is 5.91 Å². The molecule has 0 aromatic heterocycles. The molecule has 0 heterocycles. The Hall–Kier alpha value is -2.44. The molecule has 2 atom stereocenters. The number of ether oxygens (including phenoxy) is 1. The summed E-state index contributed by atoms with van der Waals surface area (Å²) in [4.78, 5) is 24.5. The van der Waals surface area contributed by atoms with Crippen molar-refractivity contribution in [1.82, 2.24) is 5.32 Å². The second-order valence-electron chi connectivity index (χ2n) is 20.0. The number of hydrogen-bond donors (Lipinski definition) is 3. The van der Waals surface area contributed by atoms with Crippen molar-refractivity contribution in [3.8, 4) is 0 Å². The molecule has 0 bridgehead atoms. The number of esters is 1. The van der Waals surface area contributed by atoms with Crippen LogP contribution in [0.5, 0.6) is 0 Å². The summed E-state index contributed by atoms with van der Waals surface area (Å²) < 4.78 is 5.43. The Bertz CT molecular complexity index is 1190. The van der Waals surface area contributed by atoms with E-state index in [1.165, 1.54) is 173 Å². The maximum absolute atomic E-state index is 12.5. The Balaban J connectivity index is 3.55. The van der Waals surface area contributed by atoms with Gasteiger partial charge in [0.1, 0.15) is 0 Å². The van der Waals surface area contributed by atoms with Crippen LogP contribution in [0.4, 0.5) is 0 Å². The first-order valence-corrected chi connectivity index (χ1v) is 29.6. The van der Waals surface area contributed by atoms with Crippen molar-refractivity contribution < 1.29 is 24.5 Å². The zero-order valence-electron chi connectivity index (χ0n) is 45.1. The zero-order valence-corrected chi connectivity index (χ0v) is 45.1. The first-order valence-electron chi connectivity index (χ1n) is 29.6. The van der Waals surface area contributed by atoms with E-state index in [9.17, 15) is 19.8 Å². The minimum Gasteiger partial charge on any atom is -0.466 e. The smallest absolute Gasteiger partial charge is 0.305 e. The lowest BCUT2D eigenvalue weighted by atomic mass is 10.0. The number of unbranched alkanes of at least 4 members (excludes halogenated alkanes) is 35. The number of carbonyl (C=O) groups excluding carboxylic acids is 2. The summed E-state index contributed by atoms with van der Waals surface area (Å²) in [5.41, 5.74) is 0. The average molecular weight is 953 g/mol. The fraction of sp³-hybridized carbons (Fsp3) is 0.806. The van der Waals surface area contributed by atoms with Crippen LogP contribution in [0, 0.1) is 0 Å². The van der Waals surface area contributed by atoms with Crippen LogP contribution in [-0.2, 0) is 14.3 Å². The lowest BCUT2D eigenvalue weighted by molar-refractivity contribution is -0.143. The number of rotatable bonds is 54. The summed E-state index contributed by atoms with van der Waals surface area (Å²) >= 11 is 0. The van der Waals surface area contributed by atoms with Crippen molar-refractivity contribution in [2.24, 2.45) is 0 Å². The molecule has 0 radical (unpaired) electrons. The molecular formula is C62H113NO5. The minimum absolute atomic E-state index is 0.0323. The van der Waals surface area contributed by atoms with E-state index in [0.717, 1.165) is 96.3 Å². The molecule has 0 aromatic rings. The van der Waals surface area contributed by atoms with Crippen molar-refractivity contribution in [2.45, 2.75) is 309 Å². The monoisotopic (exact) mass is 952 g/mol. The SMILES string of the molecule is CCC/C=C\C/C=C\CCCCCCCC(=O)OCCCCC/C=C\C/C=C\CCCCCCCCCC(=O)NC(CO)C(O)/C=C/CCCCCCCCCCCCCCCCCCCCC. The summed E-state index contributed by atoms with van der Waals surface area (Å²) in [5.74, 6) is -0.116. The molecule has 0 aliphatic carbocycles. The summed E-state index contributed by atoms with van der Waals surface area (Å²) in [6, 6.07) is -0.643. The Kier molecular flexibility index (Phi) is 55.1. The Morgan fingerprint density at radius 1 is 0.412 bits per heavy atom. The molecule has 396 valence electrons. The van der Waals surface area contributed by atoms with E-state index >= 15 is 0 Å². The van der Waals surface area contributed by atoms with Crippen LogP contribution in [0.25, 0.3) is 0 Å². The molecule has 1 amide bonds. The molecule has 6 nitrogen and oxygen atoms in total. The molecule has 0 aliphatic rings. The molecular weight excluding hydrogens is 839 g/mol. The van der Waals surface area contributed by atoms with Crippen LogP contribution in [-0.4, -0.2) is 47.4 Å². The Morgan fingerprint density at radius 2 is 0.765 bits per heavy atom. The van der Waals surface area contributed by atoms with Gasteiger partial charge in [-0.1, -0.05) is 248 Å². The number of aliphatic hydroxyl groups is 2. The van der Waals surface area contributed by atoms with Gasteiger partial charge < -0.3 is 20.3 Å². The molecule has 0 fully saturated rings. The van der Waals surface area contributed by atoms with Crippen molar-refractivity contribution in [1.29, 1.82) is 0 Å². The van der Waals surface area contributed by atoms with E-state index in [1.807, 2.05) is 6.08 Å². The Labute approximate surface area is 422 Å². The van der Waals surface area contributed by atoms with Gasteiger partial charge in [0.15, 0.2) is 0 Å². The second kappa shape index (κ2) is 57.1. The largest absolute Gasteiger partial charge is 0.466 e. The topological polar surface area (TPSA) is 95.9 Å². The molecule has 6 heteroatoms. The van der Waals surface area contributed by atoms with Crippen LogP contribution < -0.4 is 5.32 Å². The van der Waals surface area contributed by atoms with Gasteiger partial charge in [-0.05, 0) is 96.3 Å². The van der Waals surface area contributed by atoms with E-state index in [-0.39, 0.29) is 18.5 Å². The van der Waals surface area contributed by atoms with Crippen molar-refractivity contribution in [3.05, 3.63) is 60.8 Å². The van der Waals surface area contributed by atoms with Crippen LogP contribution in [0.3, 0.4) is 0 Å². The summed E-state index contributed by atoms with van der Waals surface area (Å²) in [5, 5.41) is 23.2. The van der Waals surface area contributed by atoms with Crippen LogP contribution in [0.15, 0.2) is 60.8 Å². The number of hydrogen-bond acceptors (Lipinski definition) is 5. The highest BCUT2D eigenvalue weighted by Gasteiger charge is 2.18. The van der Waals surface area contributed by atoms with Crippen LogP contribution in [0.1, 0.15) is 296 Å². The van der Waals surface area contributed by atoms with Crippen LogP contribution in [0.2, 0.25) is 0 Å². The van der Waals surface area contributed by atoms with E-state index in [1.54, 1.807) is 6.08 Å². The normalized spacial score (nSPS) is 13.1. The van der Waals surface area contributed by atoms with Crippen molar-refractivity contribution in [3.63, 3.8) is 0 Å². The quantitative estimate of drug-likeness (QED) is 0.0321. The van der Waals surface area contributed by atoms with Gasteiger partial charge in [0.25, 0.3) is 0 Å². The second-order valence-corrected chi connectivity index (χ2v) is 20.0. The number of amides is 1. The number of nitrogens with one attached hydrogen (secondary N) is 1. The van der Waals surface area contributed by atoms with Crippen molar-refractivity contribution >= 4 is 11.9 Å². The Morgan fingerprint density at radius 3 is 1.18 bits per heavy atom. The van der Waals surface area contributed by atoms with Gasteiger partial charge >= 0.3 is 5.97 Å². The van der Waals surface area contributed by atoms with E-state index in [4.69, 9.17) is 4.74 Å². The predicted molar refractivity (Wildman–Crippen MR) is 296 cm³/mol. The highest BCUT2D eigenvalue weighted by molar-refractivity contribution is 5.76. The molecule has 0 spiro atoms. The maximum Gasteiger partial charge on any atom is 0.305 e. The van der Waals surface area contributed by atoms with Gasteiger partial charge in [-0.3, -0.25) is 9.59 Å². The fourth-order valence-electron chi connectivity index (χ4n) is 8.70. The predicted octanol–water partition coefficient (Wildman–Crippen LogP) is 18.4. The highest BCUT2D eigenvalue weighted by Crippen LogP contribution is 2.16. The van der Waals surface area contributed by atoms with Gasteiger partial charge in [-0.15, -0.1) is 0 Å². The molecule has 3 N–H and O–H groups in total. The standard InChI is InChI=1S/C62H113NO5/c1-3-5-7-9-11-13-15-17-18-19-20-21-22-24-27-31-34-38-42-46-50-54-60(65)59(58-64)63-61(66)55-51-47-43-39-35-32-28-25-23-26-29-33-37-41-45-49-53-57-68-62(67)56-52-48-44-40-36-30-16-14-12-10-8-6-4-2/h8,10,14,16,23,26,33,37,50,54,59-60,64-65H,3-7,9,11-13,15,17-22,24-25,27-32,34-36,38-49,51-53,55-58H2,1-2H3,(H,63,66)/b10-8-,16-14-,26-23-,37-33-,54-50+. The molecule has 0 saturated heterocycles. The summed E-state index contributed by atoms with van der Waals surface area (Å²) in [7, 11) is 0. The third kappa shape index (κ3) is 52.9. The lowest BCUT2D eigenvalue weighted by Crippen LogP contribution is -2.45. The average Bonchev–Trinajstić information content (AvgIpc) is 3.34. The van der Waals surface area contributed by atoms with Gasteiger partial charge in [0, 0.05) is 12.8 Å². The molecule has 68 heavy (non-hydrogen) atoms. The zero-order chi connectivity index (χ0) is 49.3. The lowest BCUT2D eigenvalue weighted by Gasteiger charge is -2.20. The maximum atomic E-state index is 12.5. The summed E-state index contributed by atoms with van der Waals surface area (Å²) in [6.07, 6.45) is 73.9. The molecule has 0 aliphatic heterocycles. The van der Waals surface area contributed by atoms with Crippen LogP contribution >= 0.6 is 0 Å². The molecule has 0 saturated carbocycles. The van der Waals surface area contributed by atoms with Gasteiger partial charge in [-0.2, -0.15) is 0 Å². The van der Waals surface area contributed by atoms with Gasteiger partial charge in [0.05, 0.1) is 25.4 Å². The highest BCUT2D eigenvalue weighted by atomic mass is 16.5. The number of allylic oxidation sites excluding steroid dienone is 9. The van der Waals surface area contributed by atoms with E-state index < -0.39 is 12.1 Å². The third-order valence-electron chi connectivity index (χ3n) is 13.2. The van der Waals surface area contributed by atoms with E-state index in [2.05, 4.69) is 67.8 Å². The number of aliphatic hydroxyl groups excluding tert-OH is 2. The fourth-order valence-corrected chi connectivity index (χ4v) is 8.70. The minimum atomic E-state index is -0.858.